The Morgan fingerprint density at radius 1 is 1.17 bits per heavy atom. The molecule has 23 heavy (non-hydrogen) atoms. The molecule has 3 rings (SSSR count). The SMILES string of the molecule is CC(C)c1cc(-c2ccc(F)c(Cl)c2)cc2c1CC=C(N)C2C. The van der Waals surface area contributed by atoms with Crippen molar-refractivity contribution >= 4 is 11.6 Å². The molecule has 2 N–H and O–H groups in total. The Morgan fingerprint density at radius 2 is 1.91 bits per heavy atom. The average Bonchev–Trinajstić information content (AvgIpc) is 2.52. The van der Waals surface area contributed by atoms with Gasteiger partial charge < -0.3 is 5.73 Å². The zero-order valence-corrected chi connectivity index (χ0v) is 14.4. The molecule has 0 fully saturated rings. The van der Waals surface area contributed by atoms with Crippen molar-refractivity contribution in [2.24, 2.45) is 5.73 Å². The molecule has 1 aliphatic rings. The first-order valence-electron chi connectivity index (χ1n) is 7.96. The van der Waals surface area contributed by atoms with Crippen LogP contribution in [0, 0.1) is 5.82 Å². The van der Waals surface area contributed by atoms with E-state index in [1.54, 1.807) is 12.1 Å². The van der Waals surface area contributed by atoms with Crippen molar-refractivity contribution in [1.29, 1.82) is 0 Å². The first kappa shape index (κ1) is 16.1. The van der Waals surface area contributed by atoms with Crippen LogP contribution in [0.25, 0.3) is 11.1 Å². The average molecular weight is 330 g/mol. The zero-order valence-electron chi connectivity index (χ0n) is 13.7. The first-order valence-corrected chi connectivity index (χ1v) is 8.34. The molecular weight excluding hydrogens is 309 g/mol. The van der Waals surface area contributed by atoms with Gasteiger partial charge in [0.05, 0.1) is 5.02 Å². The van der Waals surface area contributed by atoms with Crippen LogP contribution >= 0.6 is 11.6 Å². The topological polar surface area (TPSA) is 26.0 Å². The quantitative estimate of drug-likeness (QED) is 0.743. The Bertz CT molecular complexity index is 792. The van der Waals surface area contributed by atoms with Gasteiger partial charge in [0.25, 0.3) is 0 Å². The Morgan fingerprint density at radius 3 is 2.57 bits per heavy atom. The van der Waals surface area contributed by atoms with Crippen LogP contribution in [-0.4, -0.2) is 0 Å². The molecule has 1 nitrogen and oxygen atoms in total. The van der Waals surface area contributed by atoms with Crippen LogP contribution in [0.1, 0.15) is 49.3 Å². The summed E-state index contributed by atoms with van der Waals surface area (Å²) in [6.45, 7) is 6.53. The van der Waals surface area contributed by atoms with Crippen molar-refractivity contribution in [1.82, 2.24) is 0 Å². The van der Waals surface area contributed by atoms with Gasteiger partial charge in [0.2, 0.25) is 0 Å². The number of fused-ring (bicyclic) bond motifs is 1. The summed E-state index contributed by atoms with van der Waals surface area (Å²) in [6.07, 6.45) is 3.00. The highest BCUT2D eigenvalue weighted by Crippen LogP contribution is 2.38. The molecule has 3 heteroatoms. The van der Waals surface area contributed by atoms with Crippen LogP contribution in [0.5, 0.6) is 0 Å². The summed E-state index contributed by atoms with van der Waals surface area (Å²) < 4.78 is 13.5. The van der Waals surface area contributed by atoms with E-state index in [1.165, 1.54) is 22.8 Å². The van der Waals surface area contributed by atoms with Gasteiger partial charge in [0.1, 0.15) is 5.82 Å². The van der Waals surface area contributed by atoms with E-state index < -0.39 is 5.82 Å². The molecule has 0 radical (unpaired) electrons. The van der Waals surface area contributed by atoms with Gasteiger partial charge in [-0.3, -0.25) is 0 Å². The third kappa shape index (κ3) is 2.88. The number of benzene rings is 2. The Labute approximate surface area is 142 Å². The van der Waals surface area contributed by atoms with E-state index in [4.69, 9.17) is 17.3 Å². The standard InChI is InChI=1S/C20H21ClFN/c1-11(2)16-8-14(13-4-6-19(22)18(21)10-13)9-17-12(3)20(23)7-5-15(16)17/h4,6-12H,5,23H2,1-3H3. The largest absolute Gasteiger partial charge is 0.402 e. The third-order valence-corrected chi connectivity index (χ3v) is 4.99. The monoisotopic (exact) mass is 329 g/mol. The lowest BCUT2D eigenvalue weighted by atomic mass is 9.79. The smallest absolute Gasteiger partial charge is 0.141 e. The van der Waals surface area contributed by atoms with Crippen LogP contribution < -0.4 is 5.73 Å². The molecule has 1 atom stereocenters. The normalized spacial score (nSPS) is 17.1. The molecule has 0 aliphatic heterocycles. The molecule has 0 saturated heterocycles. The van der Waals surface area contributed by atoms with E-state index in [-0.39, 0.29) is 10.9 Å². The molecule has 2 aromatic carbocycles. The Kier molecular flexibility index (Phi) is 4.20. The molecule has 1 aliphatic carbocycles. The minimum Gasteiger partial charge on any atom is -0.402 e. The van der Waals surface area contributed by atoms with E-state index in [0.717, 1.165) is 23.2 Å². The lowest BCUT2D eigenvalue weighted by molar-refractivity contribution is 0.628. The summed E-state index contributed by atoms with van der Waals surface area (Å²) in [7, 11) is 0. The van der Waals surface area contributed by atoms with Gasteiger partial charge in [-0.05, 0) is 52.3 Å². The van der Waals surface area contributed by atoms with Gasteiger partial charge in [0, 0.05) is 11.6 Å². The maximum absolute atomic E-state index is 13.5. The molecule has 0 spiro atoms. The molecule has 0 aromatic heterocycles. The lowest BCUT2D eigenvalue weighted by Crippen LogP contribution is -2.16. The highest BCUT2D eigenvalue weighted by atomic mass is 35.5. The van der Waals surface area contributed by atoms with Gasteiger partial charge in [-0.2, -0.15) is 0 Å². The van der Waals surface area contributed by atoms with Crippen LogP contribution in [-0.2, 0) is 6.42 Å². The summed E-state index contributed by atoms with van der Waals surface area (Å²) in [6, 6.07) is 9.27. The van der Waals surface area contributed by atoms with E-state index in [2.05, 4.69) is 39.0 Å². The van der Waals surface area contributed by atoms with Crippen molar-refractivity contribution in [2.75, 3.05) is 0 Å². The van der Waals surface area contributed by atoms with Crippen LogP contribution in [0.3, 0.4) is 0 Å². The number of hydrogen-bond acceptors (Lipinski definition) is 1. The molecule has 1 unspecified atom stereocenters. The van der Waals surface area contributed by atoms with Crippen molar-refractivity contribution in [3.63, 3.8) is 0 Å². The summed E-state index contributed by atoms with van der Waals surface area (Å²) in [5.41, 5.74) is 13.0. The number of hydrogen-bond donors (Lipinski definition) is 1. The Balaban J connectivity index is 2.20. The van der Waals surface area contributed by atoms with E-state index in [9.17, 15) is 4.39 Å². The number of rotatable bonds is 2. The number of nitrogens with two attached hydrogens (primary N) is 1. The molecule has 0 bridgehead atoms. The zero-order chi connectivity index (χ0) is 16.7. The van der Waals surface area contributed by atoms with E-state index in [0.29, 0.717) is 5.92 Å². The fourth-order valence-corrected chi connectivity index (χ4v) is 3.45. The van der Waals surface area contributed by atoms with E-state index in [1.807, 2.05) is 0 Å². The van der Waals surface area contributed by atoms with Gasteiger partial charge in [-0.1, -0.05) is 56.6 Å². The van der Waals surface area contributed by atoms with Gasteiger partial charge in [-0.25, -0.2) is 4.39 Å². The molecule has 0 saturated carbocycles. The minimum atomic E-state index is -0.391. The van der Waals surface area contributed by atoms with Crippen LogP contribution in [0.15, 0.2) is 42.1 Å². The summed E-state index contributed by atoms with van der Waals surface area (Å²) >= 11 is 5.96. The highest BCUT2D eigenvalue weighted by Gasteiger charge is 2.22. The predicted octanol–water partition coefficient (Wildman–Crippen LogP) is 5.77. The molecule has 120 valence electrons. The van der Waals surface area contributed by atoms with E-state index >= 15 is 0 Å². The molecule has 0 heterocycles. The number of allylic oxidation sites excluding steroid dienone is 2. The van der Waals surface area contributed by atoms with Crippen molar-refractivity contribution in [3.8, 4) is 11.1 Å². The minimum absolute atomic E-state index is 0.152. The van der Waals surface area contributed by atoms with Gasteiger partial charge >= 0.3 is 0 Å². The molecule has 0 amide bonds. The van der Waals surface area contributed by atoms with Crippen LogP contribution in [0.4, 0.5) is 4.39 Å². The number of halogens is 2. The summed E-state index contributed by atoms with van der Waals surface area (Å²) in [4.78, 5) is 0. The second kappa shape index (κ2) is 6.01. The van der Waals surface area contributed by atoms with Gasteiger partial charge in [-0.15, -0.1) is 0 Å². The summed E-state index contributed by atoms with van der Waals surface area (Å²) in [5, 5.41) is 0.152. The van der Waals surface area contributed by atoms with Crippen molar-refractivity contribution < 1.29 is 4.39 Å². The lowest BCUT2D eigenvalue weighted by Gasteiger charge is -2.26. The highest BCUT2D eigenvalue weighted by molar-refractivity contribution is 6.31. The first-order chi connectivity index (χ1) is 10.9. The summed E-state index contributed by atoms with van der Waals surface area (Å²) in [5.74, 6) is 0.227. The maximum Gasteiger partial charge on any atom is 0.141 e. The van der Waals surface area contributed by atoms with Gasteiger partial charge in [0.15, 0.2) is 0 Å². The van der Waals surface area contributed by atoms with Crippen LogP contribution in [0.2, 0.25) is 5.02 Å². The van der Waals surface area contributed by atoms with Crippen molar-refractivity contribution in [3.05, 3.63) is 69.6 Å². The second-order valence-corrected chi connectivity index (χ2v) is 6.95. The fourth-order valence-electron chi connectivity index (χ4n) is 3.27. The molecular formula is C20H21ClFN. The van der Waals surface area contributed by atoms with Crippen molar-refractivity contribution in [2.45, 2.75) is 39.0 Å². The third-order valence-electron chi connectivity index (χ3n) is 4.70. The predicted molar refractivity (Wildman–Crippen MR) is 95.3 cm³/mol. The second-order valence-electron chi connectivity index (χ2n) is 6.55. The molecule has 2 aromatic rings. The Hall–Kier alpha value is -1.80. The fraction of sp³-hybridized carbons (Fsp3) is 0.300. The maximum atomic E-state index is 13.5.